The summed E-state index contributed by atoms with van der Waals surface area (Å²) in [5.74, 6) is -1.19. The number of piperidine rings is 2. The van der Waals surface area contributed by atoms with Gasteiger partial charge in [-0.3, -0.25) is 4.79 Å². The molecule has 0 saturated carbocycles. The van der Waals surface area contributed by atoms with Gasteiger partial charge in [0.15, 0.2) is 0 Å². The summed E-state index contributed by atoms with van der Waals surface area (Å²) in [6, 6.07) is 7.13. The van der Waals surface area contributed by atoms with Gasteiger partial charge in [0.1, 0.15) is 11.9 Å². The maximum absolute atomic E-state index is 14.9. The summed E-state index contributed by atoms with van der Waals surface area (Å²) < 4.78 is 77.0. The molecule has 1 aromatic carbocycles. The van der Waals surface area contributed by atoms with Crippen molar-refractivity contribution in [1.29, 1.82) is 0 Å². The number of ether oxygens (including phenoxy) is 1. The minimum atomic E-state index is -4.85. The standard InChI is InChI=1S/C31H39F3N8O5S/c1-19-5-12-42(39-19)24-15-21(20-6-10-41(11-7-20)48(2,45)46)3-4-22(24)27(31(32,33)34)47-26-16-25(37-29(35)38-26)40-13-8-30(9-14-40)17-23(28(43)44)36-18-30/h3-5,12,15-16,20,23,27,36H,6-11,13-14,17-18H2,1-2H3,(H,43,44)(H2,35,37,38)/t23-,27+/m0/s1. The number of carboxylic acids is 1. The number of aliphatic carboxylic acids is 1. The molecule has 6 rings (SSSR count). The van der Waals surface area contributed by atoms with E-state index in [0.717, 1.165) is 5.56 Å². The molecular formula is C31H39F3N8O5S. The number of hydrogen-bond acceptors (Lipinski definition) is 10. The second-order valence-corrected chi connectivity index (χ2v) is 15.1. The van der Waals surface area contributed by atoms with Crippen LogP contribution < -0.4 is 20.7 Å². The first kappa shape index (κ1) is 33.9. The minimum Gasteiger partial charge on any atom is -0.480 e. The highest BCUT2D eigenvalue weighted by molar-refractivity contribution is 7.88. The van der Waals surface area contributed by atoms with E-state index in [2.05, 4.69) is 20.4 Å². The van der Waals surface area contributed by atoms with Gasteiger partial charge in [-0.25, -0.2) is 17.4 Å². The molecule has 17 heteroatoms. The molecule has 0 amide bonds. The number of carboxylic acid groups (broad SMARTS) is 1. The van der Waals surface area contributed by atoms with Gasteiger partial charge in [-0.1, -0.05) is 12.1 Å². The Hall–Kier alpha value is -3.96. The van der Waals surface area contributed by atoms with Gasteiger partial charge in [0.05, 0.1) is 17.6 Å². The summed E-state index contributed by atoms with van der Waals surface area (Å²) in [5, 5.41) is 16.9. The number of nitrogen functional groups attached to an aromatic ring is 1. The second-order valence-electron chi connectivity index (χ2n) is 13.1. The maximum Gasteiger partial charge on any atom is 0.429 e. The van der Waals surface area contributed by atoms with Gasteiger partial charge >= 0.3 is 12.1 Å². The molecule has 0 aliphatic carbocycles. The Bertz CT molecular complexity index is 1770. The van der Waals surface area contributed by atoms with Crippen LogP contribution in [0, 0.1) is 12.3 Å². The van der Waals surface area contributed by atoms with Crippen molar-refractivity contribution in [3.05, 3.63) is 53.3 Å². The van der Waals surface area contributed by atoms with E-state index in [1.807, 2.05) is 4.90 Å². The van der Waals surface area contributed by atoms with Crippen LogP contribution in [-0.4, -0.2) is 94.7 Å². The molecule has 4 N–H and O–H groups in total. The summed E-state index contributed by atoms with van der Waals surface area (Å²) in [6.07, 6.45) is -1.60. The molecule has 1 spiro atoms. The molecular weight excluding hydrogens is 653 g/mol. The number of hydrogen-bond donors (Lipinski definition) is 3. The monoisotopic (exact) mass is 692 g/mol. The molecule has 2 atom stereocenters. The smallest absolute Gasteiger partial charge is 0.429 e. The Morgan fingerprint density at radius 2 is 1.83 bits per heavy atom. The van der Waals surface area contributed by atoms with Crippen LogP contribution in [0.25, 0.3) is 5.69 Å². The van der Waals surface area contributed by atoms with Crippen molar-refractivity contribution >= 4 is 27.8 Å². The highest BCUT2D eigenvalue weighted by Gasteiger charge is 2.46. The number of aryl methyl sites for hydroxylation is 1. The van der Waals surface area contributed by atoms with Crippen molar-refractivity contribution in [3.8, 4) is 11.6 Å². The lowest BCUT2D eigenvalue weighted by molar-refractivity contribution is -0.198. The number of rotatable bonds is 8. The third kappa shape index (κ3) is 7.22. The molecule has 3 fully saturated rings. The zero-order valence-electron chi connectivity index (χ0n) is 26.7. The van der Waals surface area contributed by atoms with E-state index < -0.39 is 34.3 Å². The third-order valence-electron chi connectivity index (χ3n) is 9.75. The van der Waals surface area contributed by atoms with Crippen molar-refractivity contribution in [3.63, 3.8) is 0 Å². The number of sulfonamides is 1. The van der Waals surface area contributed by atoms with E-state index in [9.17, 15) is 31.5 Å². The summed E-state index contributed by atoms with van der Waals surface area (Å²) in [4.78, 5) is 21.6. The van der Waals surface area contributed by atoms with Crippen LogP contribution in [0.4, 0.5) is 24.9 Å². The first-order chi connectivity index (χ1) is 22.6. The Balaban J connectivity index is 1.27. The molecule has 3 aromatic rings. The average molecular weight is 693 g/mol. The predicted octanol–water partition coefficient (Wildman–Crippen LogP) is 3.41. The van der Waals surface area contributed by atoms with Gasteiger partial charge in [0.25, 0.3) is 0 Å². The first-order valence-corrected chi connectivity index (χ1v) is 17.7. The van der Waals surface area contributed by atoms with Crippen LogP contribution in [0.3, 0.4) is 0 Å². The van der Waals surface area contributed by atoms with E-state index in [1.54, 1.807) is 31.3 Å². The zero-order valence-corrected chi connectivity index (χ0v) is 27.5. The van der Waals surface area contributed by atoms with Gasteiger partial charge in [0.2, 0.25) is 28.0 Å². The van der Waals surface area contributed by atoms with E-state index in [-0.39, 0.29) is 34.4 Å². The minimum absolute atomic E-state index is 0.0550. The van der Waals surface area contributed by atoms with Crippen molar-refractivity contribution in [2.75, 3.05) is 49.6 Å². The van der Waals surface area contributed by atoms with Gasteiger partial charge in [-0.15, -0.1) is 0 Å². The van der Waals surface area contributed by atoms with Crippen LogP contribution in [0.1, 0.15) is 60.9 Å². The second kappa shape index (κ2) is 12.8. The van der Waals surface area contributed by atoms with Crippen LogP contribution in [0.5, 0.6) is 5.88 Å². The molecule has 13 nitrogen and oxygen atoms in total. The topological polar surface area (TPSA) is 169 Å². The summed E-state index contributed by atoms with van der Waals surface area (Å²) >= 11 is 0. The average Bonchev–Trinajstić information content (AvgIpc) is 3.65. The fourth-order valence-electron chi connectivity index (χ4n) is 7.07. The SMILES string of the molecule is Cc1ccn(-c2cc(C3CCN(S(C)(=O)=O)CC3)ccc2[C@@H](Oc2cc(N3CCC4(CC3)CN[C@H](C(=O)O)C4)nc(N)n2)C(F)(F)F)n1. The number of benzene rings is 1. The number of halogens is 3. The molecule has 48 heavy (non-hydrogen) atoms. The Kier molecular flexibility index (Phi) is 9.06. The molecule has 0 unspecified atom stereocenters. The molecule has 3 aliphatic rings. The fourth-order valence-corrected chi connectivity index (χ4v) is 7.94. The zero-order chi connectivity index (χ0) is 34.4. The first-order valence-electron chi connectivity index (χ1n) is 15.8. The Labute approximate surface area is 276 Å². The fraction of sp³-hybridized carbons (Fsp3) is 0.548. The molecule has 0 radical (unpaired) electrons. The van der Waals surface area contributed by atoms with Crippen molar-refractivity contribution in [1.82, 2.24) is 29.4 Å². The maximum atomic E-state index is 14.9. The quantitative estimate of drug-likeness (QED) is 0.316. The van der Waals surface area contributed by atoms with Crippen LogP contribution in [0.15, 0.2) is 36.5 Å². The van der Waals surface area contributed by atoms with Crippen molar-refractivity contribution in [2.45, 2.75) is 63.3 Å². The summed E-state index contributed by atoms with van der Waals surface area (Å²) in [5.41, 5.74) is 7.20. The number of nitrogens with one attached hydrogen (secondary N) is 1. The molecule has 2 aromatic heterocycles. The van der Waals surface area contributed by atoms with E-state index in [4.69, 9.17) is 10.5 Å². The third-order valence-corrected chi connectivity index (χ3v) is 11.1. The van der Waals surface area contributed by atoms with Crippen molar-refractivity contribution < 1.29 is 36.2 Å². The largest absolute Gasteiger partial charge is 0.480 e. The molecule has 0 bridgehead atoms. The number of anilines is 2. The van der Waals surface area contributed by atoms with Gasteiger partial charge < -0.3 is 25.8 Å². The highest BCUT2D eigenvalue weighted by atomic mass is 32.2. The normalized spacial score (nSPS) is 21.4. The van der Waals surface area contributed by atoms with E-state index in [1.165, 1.54) is 27.4 Å². The lowest BCUT2D eigenvalue weighted by atomic mass is 9.76. The lowest BCUT2D eigenvalue weighted by Crippen LogP contribution is -2.41. The van der Waals surface area contributed by atoms with Crippen LogP contribution in [-0.2, 0) is 14.8 Å². The molecule has 3 aliphatic heterocycles. The van der Waals surface area contributed by atoms with Gasteiger partial charge in [-0.05, 0) is 68.1 Å². The Morgan fingerprint density at radius 3 is 2.42 bits per heavy atom. The summed E-state index contributed by atoms with van der Waals surface area (Å²) in [6.45, 7) is 4.00. The number of carbonyl (C=O) groups is 1. The van der Waals surface area contributed by atoms with Crippen LogP contribution >= 0.6 is 0 Å². The van der Waals surface area contributed by atoms with Gasteiger partial charge in [-0.2, -0.15) is 28.2 Å². The number of alkyl halides is 3. The molecule has 5 heterocycles. The van der Waals surface area contributed by atoms with Gasteiger partial charge in [0, 0.05) is 50.6 Å². The highest BCUT2D eigenvalue weighted by Crippen LogP contribution is 2.43. The molecule has 3 saturated heterocycles. The Morgan fingerprint density at radius 1 is 1.12 bits per heavy atom. The number of nitrogens with zero attached hydrogens (tertiary/aromatic N) is 6. The van der Waals surface area contributed by atoms with Crippen molar-refractivity contribution in [2.24, 2.45) is 5.41 Å². The predicted molar refractivity (Wildman–Crippen MR) is 170 cm³/mol. The number of aromatic nitrogens is 4. The number of nitrogens with two attached hydrogens (primary N) is 1. The summed E-state index contributed by atoms with van der Waals surface area (Å²) in [7, 11) is -3.33. The lowest BCUT2D eigenvalue weighted by Gasteiger charge is -2.39. The van der Waals surface area contributed by atoms with Crippen LogP contribution in [0.2, 0.25) is 0 Å². The van der Waals surface area contributed by atoms with E-state index >= 15 is 0 Å². The van der Waals surface area contributed by atoms with E-state index in [0.29, 0.717) is 76.3 Å². The molecule has 260 valence electrons.